The largest absolute Gasteiger partial charge is 0.319 e. The lowest BCUT2D eigenvalue weighted by Gasteiger charge is -2.08. The molecule has 2 aromatic rings. The van der Waals surface area contributed by atoms with Crippen LogP contribution in [0.5, 0.6) is 0 Å². The third kappa shape index (κ3) is 2.48. The maximum absolute atomic E-state index is 11.5. The fourth-order valence-electron chi connectivity index (χ4n) is 1.39. The second-order valence-corrected chi connectivity index (χ2v) is 3.61. The van der Waals surface area contributed by atoms with E-state index in [4.69, 9.17) is 0 Å². The van der Waals surface area contributed by atoms with E-state index in [1.165, 1.54) is 4.68 Å². The van der Waals surface area contributed by atoms with Crippen molar-refractivity contribution in [3.05, 3.63) is 64.3 Å². The maximum atomic E-state index is 11.5. The Kier molecular flexibility index (Phi) is 3.00. The Morgan fingerprint density at radius 2 is 2.31 bits per heavy atom. The summed E-state index contributed by atoms with van der Waals surface area (Å²) in [6.45, 7) is 2.48. The van der Waals surface area contributed by atoms with Crippen LogP contribution in [0.2, 0.25) is 0 Å². The molecule has 0 fully saturated rings. The molecule has 0 amide bonds. The number of hydrogen-bond donors (Lipinski definition) is 1. The van der Waals surface area contributed by atoms with E-state index in [-0.39, 0.29) is 5.56 Å². The van der Waals surface area contributed by atoms with Crippen LogP contribution < -0.4 is 11.0 Å². The molecule has 4 nitrogen and oxygen atoms in total. The fraction of sp³-hybridized carbons (Fsp3) is 0.167. The zero-order chi connectivity index (χ0) is 11.4. The smallest absolute Gasteiger partial charge is 0.269 e. The van der Waals surface area contributed by atoms with Crippen molar-refractivity contribution in [2.45, 2.75) is 13.5 Å². The monoisotopic (exact) mass is 215 g/mol. The Hall–Kier alpha value is -2.10. The minimum Gasteiger partial charge on any atom is -0.319 e. The highest BCUT2D eigenvalue weighted by atomic mass is 16.1. The lowest BCUT2D eigenvalue weighted by molar-refractivity contribution is 0.798. The average molecular weight is 215 g/mol. The highest BCUT2D eigenvalue weighted by Crippen LogP contribution is 1.95. The van der Waals surface area contributed by atoms with Crippen molar-refractivity contribution < 1.29 is 0 Å². The van der Waals surface area contributed by atoms with Crippen LogP contribution in [-0.2, 0) is 6.54 Å². The summed E-state index contributed by atoms with van der Waals surface area (Å²) in [6.07, 6.45) is 5.22. The van der Waals surface area contributed by atoms with Crippen molar-refractivity contribution in [1.29, 1.82) is 0 Å². The number of rotatable bonds is 3. The highest BCUT2D eigenvalue weighted by molar-refractivity contribution is 5.12. The summed E-state index contributed by atoms with van der Waals surface area (Å²) in [4.78, 5) is 15.6. The van der Waals surface area contributed by atoms with Gasteiger partial charge in [-0.05, 0) is 30.2 Å². The van der Waals surface area contributed by atoms with Crippen LogP contribution in [0.4, 0.5) is 0 Å². The minimum atomic E-state index is -0.0520. The molecule has 0 saturated carbocycles. The third-order valence-corrected chi connectivity index (χ3v) is 2.25. The molecule has 2 aromatic heterocycles. The van der Waals surface area contributed by atoms with Gasteiger partial charge in [-0.1, -0.05) is 6.07 Å². The van der Waals surface area contributed by atoms with Gasteiger partial charge in [-0.3, -0.25) is 9.78 Å². The molecule has 0 aliphatic heterocycles. The van der Waals surface area contributed by atoms with Gasteiger partial charge < -0.3 is 5.43 Å². The van der Waals surface area contributed by atoms with E-state index in [1.54, 1.807) is 24.7 Å². The van der Waals surface area contributed by atoms with E-state index >= 15 is 0 Å². The molecule has 0 aliphatic carbocycles. The van der Waals surface area contributed by atoms with Crippen LogP contribution in [0.25, 0.3) is 0 Å². The lowest BCUT2D eigenvalue weighted by atomic mass is 10.3. The van der Waals surface area contributed by atoms with E-state index in [1.807, 2.05) is 25.1 Å². The number of nitrogens with zero attached hydrogens (tertiary/aromatic N) is 2. The summed E-state index contributed by atoms with van der Waals surface area (Å²) in [7, 11) is 0. The summed E-state index contributed by atoms with van der Waals surface area (Å²) < 4.78 is 1.47. The van der Waals surface area contributed by atoms with Crippen LogP contribution in [0.3, 0.4) is 0 Å². The topological polar surface area (TPSA) is 46.9 Å². The van der Waals surface area contributed by atoms with Crippen LogP contribution in [0, 0.1) is 6.92 Å². The molecule has 0 aromatic carbocycles. The minimum absolute atomic E-state index is 0.0520. The lowest BCUT2D eigenvalue weighted by Crippen LogP contribution is -2.27. The van der Waals surface area contributed by atoms with Gasteiger partial charge in [-0.15, -0.1) is 0 Å². The highest BCUT2D eigenvalue weighted by Gasteiger charge is 1.95. The molecule has 82 valence electrons. The Morgan fingerprint density at radius 1 is 1.44 bits per heavy atom. The first kappa shape index (κ1) is 10.4. The molecular weight excluding hydrogens is 202 g/mol. The van der Waals surface area contributed by atoms with Gasteiger partial charge in [-0.2, -0.15) is 0 Å². The predicted molar refractivity (Wildman–Crippen MR) is 62.7 cm³/mol. The number of aryl methyl sites for hydroxylation is 1. The van der Waals surface area contributed by atoms with E-state index < -0.39 is 0 Å². The SMILES string of the molecule is Cc1ccn(NCc2cccnc2)c(=O)c1. The molecule has 0 bridgehead atoms. The molecule has 2 heterocycles. The Morgan fingerprint density at radius 3 is 3.00 bits per heavy atom. The Balaban J connectivity index is 2.08. The molecule has 0 spiro atoms. The van der Waals surface area contributed by atoms with Crippen LogP contribution in [-0.4, -0.2) is 9.66 Å². The normalized spacial score (nSPS) is 10.1. The van der Waals surface area contributed by atoms with Gasteiger partial charge in [0.1, 0.15) is 0 Å². The van der Waals surface area contributed by atoms with Crippen molar-refractivity contribution in [3.63, 3.8) is 0 Å². The van der Waals surface area contributed by atoms with E-state index in [2.05, 4.69) is 10.4 Å². The molecule has 0 atom stereocenters. The Bertz CT molecular complexity index is 519. The first-order valence-electron chi connectivity index (χ1n) is 5.08. The summed E-state index contributed by atoms with van der Waals surface area (Å²) in [6, 6.07) is 7.31. The molecule has 1 N–H and O–H groups in total. The number of aromatic nitrogens is 2. The molecule has 2 rings (SSSR count). The molecule has 0 aliphatic rings. The summed E-state index contributed by atoms with van der Waals surface area (Å²) in [5.41, 5.74) is 4.97. The molecule has 0 unspecified atom stereocenters. The molecule has 4 heteroatoms. The van der Waals surface area contributed by atoms with Crippen LogP contribution in [0.15, 0.2) is 47.7 Å². The van der Waals surface area contributed by atoms with E-state index in [0.717, 1.165) is 11.1 Å². The Labute approximate surface area is 93.5 Å². The molecule has 0 saturated heterocycles. The zero-order valence-corrected chi connectivity index (χ0v) is 9.05. The van der Waals surface area contributed by atoms with Gasteiger partial charge in [-0.25, -0.2) is 4.68 Å². The van der Waals surface area contributed by atoms with Crippen molar-refractivity contribution in [3.8, 4) is 0 Å². The van der Waals surface area contributed by atoms with Crippen molar-refractivity contribution in [1.82, 2.24) is 9.66 Å². The third-order valence-electron chi connectivity index (χ3n) is 2.25. The first-order chi connectivity index (χ1) is 7.75. The number of pyridine rings is 2. The fourth-order valence-corrected chi connectivity index (χ4v) is 1.39. The number of nitrogens with one attached hydrogen (secondary N) is 1. The van der Waals surface area contributed by atoms with Crippen molar-refractivity contribution >= 4 is 0 Å². The standard InChI is InChI=1S/C12H13N3O/c1-10-4-6-15(12(16)7-10)14-9-11-3-2-5-13-8-11/h2-8,14H,9H2,1H3. The second-order valence-electron chi connectivity index (χ2n) is 3.61. The van der Waals surface area contributed by atoms with E-state index in [9.17, 15) is 4.79 Å². The summed E-state index contributed by atoms with van der Waals surface area (Å²) in [5.74, 6) is 0. The van der Waals surface area contributed by atoms with Gasteiger partial charge in [0, 0.05) is 24.7 Å². The van der Waals surface area contributed by atoms with Crippen LogP contribution >= 0.6 is 0 Å². The van der Waals surface area contributed by atoms with Gasteiger partial charge in [0.05, 0.1) is 6.54 Å². The average Bonchev–Trinajstić information content (AvgIpc) is 2.29. The first-order valence-corrected chi connectivity index (χ1v) is 5.08. The predicted octanol–water partition coefficient (Wildman–Crippen LogP) is 1.30. The van der Waals surface area contributed by atoms with Crippen molar-refractivity contribution in [2.75, 3.05) is 5.43 Å². The second kappa shape index (κ2) is 4.61. The molecule has 16 heavy (non-hydrogen) atoms. The number of hydrogen-bond acceptors (Lipinski definition) is 3. The van der Waals surface area contributed by atoms with Gasteiger partial charge in [0.2, 0.25) is 0 Å². The summed E-state index contributed by atoms with van der Waals surface area (Å²) in [5, 5.41) is 0. The van der Waals surface area contributed by atoms with E-state index in [0.29, 0.717) is 6.54 Å². The molecular formula is C12H13N3O. The maximum Gasteiger partial charge on any atom is 0.269 e. The van der Waals surface area contributed by atoms with Gasteiger partial charge >= 0.3 is 0 Å². The van der Waals surface area contributed by atoms with Crippen molar-refractivity contribution in [2.24, 2.45) is 0 Å². The van der Waals surface area contributed by atoms with Gasteiger partial charge in [0.15, 0.2) is 0 Å². The van der Waals surface area contributed by atoms with Crippen LogP contribution in [0.1, 0.15) is 11.1 Å². The zero-order valence-electron chi connectivity index (χ0n) is 9.05. The molecule has 0 radical (unpaired) electrons. The summed E-state index contributed by atoms with van der Waals surface area (Å²) >= 11 is 0. The quantitative estimate of drug-likeness (QED) is 0.839. The van der Waals surface area contributed by atoms with Gasteiger partial charge in [0.25, 0.3) is 5.56 Å².